The molecule has 0 bridgehead atoms. The summed E-state index contributed by atoms with van der Waals surface area (Å²) in [6.07, 6.45) is -16.3. The molecule has 9 rings (SSSR count). The number of halogens is 1. The number of aliphatic carboxylic acids is 2. The Morgan fingerprint density at radius 2 is 1.42 bits per heavy atom. The Bertz CT molecular complexity index is 4050. The molecule has 14 N–H and O–H groups in total. The molecule has 5 heterocycles. The molecule has 98 heavy (non-hydrogen) atoms. The number of alkyl halides is 1. The molecule has 11 atom stereocenters. The number of H-pyrrole nitrogens is 1. The van der Waals surface area contributed by atoms with Crippen molar-refractivity contribution >= 4 is 90.6 Å². The molecule has 0 spiro atoms. The molecule has 0 radical (unpaired) electrons. The largest absolute Gasteiger partial charge is 0.501 e. The Morgan fingerprint density at radius 1 is 0.786 bits per heavy atom. The first kappa shape index (κ1) is 73.5. The van der Waals surface area contributed by atoms with Gasteiger partial charge < -0.3 is 108 Å². The van der Waals surface area contributed by atoms with Crippen LogP contribution in [0.2, 0.25) is 0 Å². The highest BCUT2D eigenvalue weighted by atomic mass is 35.5. The van der Waals surface area contributed by atoms with Crippen LogP contribution in [0.1, 0.15) is 72.5 Å². The van der Waals surface area contributed by atoms with Gasteiger partial charge in [0.15, 0.2) is 29.5 Å². The summed E-state index contributed by atoms with van der Waals surface area (Å²) >= 11 is 6.62. The number of aromatic nitrogens is 1. The van der Waals surface area contributed by atoms with Crippen LogP contribution in [0.4, 0.5) is 5.69 Å². The van der Waals surface area contributed by atoms with Crippen LogP contribution in [0, 0.1) is 10.8 Å². The number of hydrogen-bond donors (Lipinski definition) is 12. The lowest BCUT2D eigenvalue weighted by atomic mass is 9.92. The smallest absolute Gasteiger partial charge is 0.497 e. The summed E-state index contributed by atoms with van der Waals surface area (Å²) in [5, 5.41) is 91.0. The number of nitrogens with zero attached hydrogens (tertiary/aromatic N) is 4. The number of ether oxygens (including phenoxy) is 6. The normalized spacial score (nSPS) is 23.8. The summed E-state index contributed by atoms with van der Waals surface area (Å²) in [7, 11) is -4.03. The van der Waals surface area contributed by atoms with Crippen LogP contribution in [-0.2, 0) is 53.4 Å². The predicted octanol–water partition coefficient (Wildman–Crippen LogP) is 0.635. The molecule has 4 amide bonds. The number of aliphatic hydroxyl groups is 6. The molecular formula is C63H75ClN8O25S. The van der Waals surface area contributed by atoms with Crippen LogP contribution in [0.25, 0.3) is 21.7 Å². The average molecular weight is 1410 g/mol. The van der Waals surface area contributed by atoms with Crippen molar-refractivity contribution in [3.63, 3.8) is 0 Å². The number of carboxylic acid groups (broad SMARTS) is 2. The van der Waals surface area contributed by atoms with Gasteiger partial charge in [0.1, 0.15) is 48.1 Å². The molecule has 2 fully saturated rings. The van der Waals surface area contributed by atoms with E-state index in [0.29, 0.717) is 33.2 Å². The van der Waals surface area contributed by atoms with Gasteiger partial charge in [-0.3, -0.25) is 24.1 Å². The number of nitrogens with two attached hydrogens (primary N) is 2. The van der Waals surface area contributed by atoms with Crippen molar-refractivity contribution in [2.75, 3.05) is 70.5 Å². The lowest BCUT2D eigenvalue weighted by molar-refractivity contribution is -0.294. The number of nitrogens with one attached hydrogen (secondary N) is 2. The maximum Gasteiger partial charge on any atom is 0.501 e. The van der Waals surface area contributed by atoms with E-state index in [0.717, 1.165) is 17.0 Å². The highest BCUT2D eigenvalue weighted by molar-refractivity contribution is 7.82. The van der Waals surface area contributed by atoms with E-state index in [4.69, 9.17) is 64.8 Å². The van der Waals surface area contributed by atoms with Gasteiger partial charge in [-0.1, -0.05) is 38.9 Å². The first-order valence-corrected chi connectivity index (χ1v) is 32.2. The number of anilines is 1. The summed E-state index contributed by atoms with van der Waals surface area (Å²) in [5.41, 5.74) is 6.66. The summed E-state index contributed by atoms with van der Waals surface area (Å²) < 4.78 is 73.8. The molecule has 4 aromatic carbocycles. The molecule has 1 aromatic heterocycles. The number of imide groups is 1. The van der Waals surface area contributed by atoms with Gasteiger partial charge in [-0.05, 0) is 78.0 Å². The number of methoxy groups -OCH3 is 1. The van der Waals surface area contributed by atoms with Gasteiger partial charge in [0.25, 0.3) is 29.9 Å². The number of hydrazine groups is 1. The Morgan fingerprint density at radius 3 is 2.07 bits per heavy atom. The zero-order valence-corrected chi connectivity index (χ0v) is 55.1. The monoisotopic (exact) mass is 1410 g/mol. The van der Waals surface area contributed by atoms with Gasteiger partial charge in [0, 0.05) is 88.5 Å². The second kappa shape index (κ2) is 30.2. The van der Waals surface area contributed by atoms with E-state index < -0.39 is 141 Å². The van der Waals surface area contributed by atoms with Crippen LogP contribution >= 0.6 is 11.6 Å². The number of carboxylic acids is 2. The Balaban J connectivity index is 0.923. The first-order valence-electron chi connectivity index (χ1n) is 30.3. The van der Waals surface area contributed by atoms with Crippen LogP contribution in [-0.4, -0.2) is 232 Å². The van der Waals surface area contributed by atoms with E-state index in [-0.39, 0.29) is 92.2 Å². The van der Waals surface area contributed by atoms with Crippen molar-refractivity contribution in [3.8, 4) is 23.0 Å². The van der Waals surface area contributed by atoms with E-state index in [1.165, 1.54) is 72.6 Å². The molecule has 5 aromatic rings. The summed E-state index contributed by atoms with van der Waals surface area (Å²) in [6, 6.07) is 15.4. The van der Waals surface area contributed by atoms with E-state index in [1.807, 2.05) is 13.8 Å². The van der Waals surface area contributed by atoms with Crippen molar-refractivity contribution in [1.82, 2.24) is 20.2 Å². The quantitative estimate of drug-likeness (QED) is 0.00780. The van der Waals surface area contributed by atoms with Crippen molar-refractivity contribution in [2.24, 2.45) is 27.6 Å². The predicted molar refractivity (Wildman–Crippen MR) is 344 cm³/mol. The van der Waals surface area contributed by atoms with Gasteiger partial charge in [0.2, 0.25) is 6.29 Å². The Hall–Kier alpha value is -8.75. The molecule has 33 nitrogen and oxygen atoms in total. The van der Waals surface area contributed by atoms with Gasteiger partial charge >= 0.3 is 22.3 Å². The van der Waals surface area contributed by atoms with Gasteiger partial charge in [-0.15, -0.1) is 20.0 Å². The maximum absolute atomic E-state index is 14.8. The zero-order chi connectivity index (χ0) is 71.5. The maximum atomic E-state index is 14.8. The summed E-state index contributed by atoms with van der Waals surface area (Å²) in [4.78, 5) is 86.9. The van der Waals surface area contributed by atoms with E-state index >= 15 is 0 Å². The zero-order valence-electron chi connectivity index (χ0n) is 53.5. The number of aromatic amines is 1. The molecule has 4 aliphatic heterocycles. The number of rotatable bonds is 29. The third-order valence-electron chi connectivity index (χ3n) is 16.2. The molecular weight excluding hydrogens is 1340 g/mol. The molecule has 530 valence electrons. The second-order valence-electron chi connectivity index (χ2n) is 25.2. The van der Waals surface area contributed by atoms with Crippen molar-refractivity contribution in [2.45, 2.75) is 102 Å². The second-order valence-corrected chi connectivity index (χ2v) is 26.6. The standard InChI is InChI=1S/C63H75ClN8O25S/c1-30(69-95-61-53(80)49(76)51(78)55(94-61)59(85)86)31-7-11-39-33(17-31)18-40(68-39)57(82)72-23-34(22-64)47-38-20-36(89-6)9-10-37(38)43(21-41(47)72)96-98(87,88)97-44-19-32(8-12-42(44)92-60-52(79)48(75)50(77)54(93-60)58(83)84)56(81)67-26-62(2,3)28-91-29-63(4,5)27-70(66)24-35(65)25-90-16-15-71-45(73)13-14-46(71)74/h7-14,17-21,24,34,48-55,60-61,68,75-80H,15-16,22-23,25-29,65-66H2,1-6H3,(H,67,81)(H,83,84)(H,85,86)/b35-24-,69-30+/t34-,48+,49+,50+,51+,52-,53-,54+,55+,60-,61+/m1/s1. The van der Waals surface area contributed by atoms with Crippen molar-refractivity contribution in [1.29, 1.82) is 0 Å². The van der Waals surface area contributed by atoms with Crippen molar-refractivity contribution in [3.05, 3.63) is 113 Å². The van der Waals surface area contributed by atoms with E-state index in [9.17, 15) is 78.0 Å². The number of amides is 4. The fourth-order valence-electron chi connectivity index (χ4n) is 11.1. The molecule has 35 heteroatoms. The number of aliphatic hydroxyl groups excluding tert-OH is 6. The number of hydrogen-bond acceptors (Lipinski definition) is 27. The Kier molecular flexibility index (Phi) is 22.6. The third kappa shape index (κ3) is 16.9. The third-order valence-corrected chi connectivity index (χ3v) is 17.3. The first-order chi connectivity index (χ1) is 46.2. The van der Waals surface area contributed by atoms with Crippen molar-refractivity contribution < 1.29 is 120 Å². The number of oxime groups is 1. The molecule has 4 aliphatic rings. The number of carbonyl (C=O) groups is 6. The van der Waals surface area contributed by atoms with Crippen LogP contribution in [0.5, 0.6) is 23.0 Å². The number of benzene rings is 4. The van der Waals surface area contributed by atoms with E-state index in [2.05, 4.69) is 15.5 Å². The number of fused-ring (bicyclic) bond motifs is 4. The van der Waals surface area contributed by atoms with Crippen LogP contribution < -0.4 is 39.6 Å². The molecule has 2 saturated heterocycles. The minimum atomic E-state index is -5.43. The fraction of sp³-hybridized carbons (Fsp3) is 0.444. The molecule has 0 aliphatic carbocycles. The van der Waals surface area contributed by atoms with Crippen LogP contribution in [0.15, 0.2) is 95.9 Å². The topological polar surface area (TPSA) is 483 Å². The fourth-order valence-corrected chi connectivity index (χ4v) is 12.1. The van der Waals surface area contributed by atoms with Gasteiger partial charge in [-0.2, -0.15) is 0 Å². The minimum absolute atomic E-state index is 0.0160. The highest BCUT2D eigenvalue weighted by Crippen LogP contribution is 2.48. The SMILES string of the molecule is COc1ccc2c(OS(=O)(=O)Oc3cc(C(=O)NCC(C)(C)COCC(C)(C)CN(N)/C=C(\N)COCCN4C(=O)C=CC4=O)ccc3O[C@@H]3O[C@H](C(=O)O)[C@@H](O)[C@H](O)[C@H]3O)cc3c(c2c1)[C@H](CCl)CN3C(=O)c1cc2cc(/C(C)=N/O[C@@H]3O[C@H](C(=O)O)[C@@H](O)[C@H](O)[C@H]3O)ccc2[nH]1. The average Bonchev–Trinajstić information content (AvgIpc) is 1.54. The summed E-state index contributed by atoms with van der Waals surface area (Å²) in [5.74, 6) is -1.42. The lowest BCUT2D eigenvalue weighted by Gasteiger charge is -2.38. The number of carbonyl (C=O) groups excluding carboxylic acids is 4. The Labute approximate surface area is 564 Å². The minimum Gasteiger partial charge on any atom is -0.497 e. The van der Waals surface area contributed by atoms with Crippen LogP contribution in [0.3, 0.4) is 0 Å². The van der Waals surface area contributed by atoms with Gasteiger partial charge in [0.05, 0.1) is 57.2 Å². The molecule has 0 saturated carbocycles. The van der Waals surface area contributed by atoms with Gasteiger partial charge in [-0.25, -0.2) is 15.4 Å². The highest BCUT2D eigenvalue weighted by Gasteiger charge is 2.50. The molecule has 0 unspecified atom stereocenters. The summed E-state index contributed by atoms with van der Waals surface area (Å²) in [6.45, 7) is 9.53. The van der Waals surface area contributed by atoms with E-state index in [1.54, 1.807) is 38.1 Å². The lowest BCUT2D eigenvalue weighted by Crippen LogP contribution is -2.61.